The van der Waals surface area contributed by atoms with E-state index in [2.05, 4.69) is 25.5 Å². The molecule has 4 rings (SSSR count). The molecule has 1 amide bonds. The van der Waals surface area contributed by atoms with Crippen LogP contribution in [0.2, 0.25) is 0 Å². The molecule has 1 aliphatic heterocycles. The van der Waals surface area contributed by atoms with E-state index in [0.717, 1.165) is 11.2 Å². The van der Waals surface area contributed by atoms with Crippen LogP contribution in [0.3, 0.4) is 0 Å². The number of likely N-dealkylation sites (tertiary alicyclic amines) is 1. The fourth-order valence-electron chi connectivity index (χ4n) is 4.13. The van der Waals surface area contributed by atoms with Crippen LogP contribution >= 0.6 is 0 Å². The molecule has 1 aromatic carbocycles. The first-order chi connectivity index (χ1) is 16.7. The zero-order chi connectivity index (χ0) is 25.2. The van der Waals surface area contributed by atoms with Crippen LogP contribution in [-0.4, -0.2) is 62.0 Å². The highest BCUT2D eigenvalue weighted by Crippen LogP contribution is 2.31. The number of hydrogen-bond acceptors (Lipinski definition) is 7. The van der Waals surface area contributed by atoms with Crippen LogP contribution in [-0.2, 0) is 6.18 Å². The molecule has 0 saturated carbocycles. The number of alkyl halides is 3. The van der Waals surface area contributed by atoms with E-state index in [1.165, 1.54) is 31.6 Å². The Hall–Kier alpha value is -3.77. The second-order valence-electron chi connectivity index (χ2n) is 8.15. The molecule has 3 aromatic rings. The number of nitrogens with one attached hydrogen (secondary N) is 1. The maximum atomic E-state index is 15.4. The van der Waals surface area contributed by atoms with Crippen molar-refractivity contribution in [2.24, 2.45) is 5.92 Å². The molecule has 35 heavy (non-hydrogen) atoms. The standard InChI is InChI=1S/C22H23F4N7O2/c1-13-4-3-9-32(16(13)12-29-21-27-10-14(11-28-21)22(24,25)26)20(34)18-15(33-30-7-8-31-33)5-6-17(35-2)19(18)23/h5-8,10-11,13,16H,3-4,9,12H2,1-2H3,(H,27,28,29)/t13-,16?/m1/s1. The van der Waals surface area contributed by atoms with E-state index < -0.39 is 29.5 Å². The quantitative estimate of drug-likeness (QED) is 0.524. The van der Waals surface area contributed by atoms with Crippen molar-refractivity contribution < 1.29 is 27.1 Å². The van der Waals surface area contributed by atoms with Crippen molar-refractivity contribution >= 4 is 11.9 Å². The van der Waals surface area contributed by atoms with E-state index in [4.69, 9.17) is 4.74 Å². The third-order valence-corrected chi connectivity index (χ3v) is 5.98. The van der Waals surface area contributed by atoms with Gasteiger partial charge in [0.1, 0.15) is 11.3 Å². The number of ether oxygens (including phenoxy) is 1. The Balaban J connectivity index is 1.61. The van der Waals surface area contributed by atoms with Gasteiger partial charge >= 0.3 is 6.18 Å². The fourth-order valence-corrected chi connectivity index (χ4v) is 4.13. The van der Waals surface area contributed by atoms with Crippen LogP contribution in [0.25, 0.3) is 5.69 Å². The summed E-state index contributed by atoms with van der Waals surface area (Å²) >= 11 is 0. The average Bonchev–Trinajstić information content (AvgIpc) is 3.37. The third kappa shape index (κ3) is 5.03. The number of halogens is 4. The van der Waals surface area contributed by atoms with Crippen LogP contribution in [0.4, 0.5) is 23.5 Å². The van der Waals surface area contributed by atoms with E-state index >= 15 is 4.39 Å². The summed E-state index contributed by atoms with van der Waals surface area (Å²) in [6.07, 6.45) is 1.20. The zero-order valence-corrected chi connectivity index (χ0v) is 19.0. The Morgan fingerprint density at radius 3 is 2.51 bits per heavy atom. The Labute approximate surface area is 198 Å². The van der Waals surface area contributed by atoms with Gasteiger partial charge in [0.15, 0.2) is 11.6 Å². The van der Waals surface area contributed by atoms with E-state index in [9.17, 15) is 18.0 Å². The van der Waals surface area contributed by atoms with E-state index in [1.54, 1.807) is 4.90 Å². The number of anilines is 1. The van der Waals surface area contributed by atoms with Gasteiger partial charge in [0.05, 0.1) is 31.1 Å². The van der Waals surface area contributed by atoms with Crippen LogP contribution in [0, 0.1) is 11.7 Å². The number of amides is 1. The monoisotopic (exact) mass is 493 g/mol. The summed E-state index contributed by atoms with van der Waals surface area (Å²) in [6, 6.07) is 2.50. The number of benzene rings is 1. The molecular formula is C22H23F4N7O2. The van der Waals surface area contributed by atoms with Crippen LogP contribution in [0.5, 0.6) is 5.75 Å². The Morgan fingerprint density at radius 1 is 1.20 bits per heavy atom. The number of carbonyl (C=O) groups is 1. The Morgan fingerprint density at radius 2 is 1.89 bits per heavy atom. The van der Waals surface area contributed by atoms with Gasteiger partial charge in [0, 0.05) is 25.5 Å². The lowest BCUT2D eigenvalue weighted by Gasteiger charge is -2.40. The molecule has 1 fully saturated rings. The van der Waals surface area contributed by atoms with E-state index in [0.29, 0.717) is 25.4 Å². The van der Waals surface area contributed by atoms with Gasteiger partial charge in [-0.2, -0.15) is 28.2 Å². The number of rotatable bonds is 6. The predicted octanol–water partition coefficient (Wildman–Crippen LogP) is 3.58. The van der Waals surface area contributed by atoms with Crippen molar-refractivity contribution in [3.05, 3.63) is 53.9 Å². The number of carbonyl (C=O) groups excluding carboxylic acids is 1. The van der Waals surface area contributed by atoms with Crippen molar-refractivity contribution in [2.75, 3.05) is 25.5 Å². The SMILES string of the molecule is COc1ccc(-n2nccn2)c(C(=O)N2CCC[C@@H](C)C2CNc2ncc(C(F)(F)F)cn2)c1F. The largest absolute Gasteiger partial charge is 0.494 e. The number of piperidine rings is 1. The summed E-state index contributed by atoms with van der Waals surface area (Å²) in [5.41, 5.74) is -1.03. The lowest BCUT2D eigenvalue weighted by molar-refractivity contribution is -0.138. The molecule has 1 saturated heterocycles. The molecule has 9 nitrogen and oxygen atoms in total. The molecule has 0 spiro atoms. The maximum absolute atomic E-state index is 15.4. The van der Waals surface area contributed by atoms with Crippen LogP contribution in [0.1, 0.15) is 35.7 Å². The van der Waals surface area contributed by atoms with E-state index in [-0.39, 0.29) is 35.4 Å². The first kappa shape index (κ1) is 24.4. The van der Waals surface area contributed by atoms with Gasteiger partial charge < -0.3 is 15.0 Å². The lowest BCUT2D eigenvalue weighted by Crippen LogP contribution is -2.51. The van der Waals surface area contributed by atoms with Gasteiger partial charge in [-0.25, -0.2) is 14.4 Å². The molecule has 1 aliphatic rings. The minimum absolute atomic E-state index is 0.00263. The fraction of sp³-hybridized carbons (Fsp3) is 0.409. The molecule has 1 unspecified atom stereocenters. The summed E-state index contributed by atoms with van der Waals surface area (Å²) in [7, 11) is 1.30. The first-order valence-corrected chi connectivity index (χ1v) is 10.9. The molecule has 1 N–H and O–H groups in total. The number of methoxy groups -OCH3 is 1. The predicted molar refractivity (Wildman–Crippen MR) is 117 cm³/mol. The second-order valence-corrected chi connectivity index (χ2v) is 8.15. The van der Waals surface area contributed by atoms with Gasteiger partial charge in [0.2, 0.25) is 5.95 Å². The molecule has 2 aromatic heterocycles. The average molecular weight is 493 g/mol. The lowest BCUT2D eigenvalue weighted by atomic mass is 9.90. The van der Waals surface area contributed by atoms with Crippen molar-refractivity contribution in [2.45, 2.75) is 32.0 Å². The second kappa shape index (κ2) is 9.84. The maximum Gasteiger partial charge on any atom is 0.419 e. The highest BCUT2D eigenvalue weighted by Gasteiger charge is 2.36. The number of nitrogens with zero attached hydrogens (tertiary/aromatic N) is 6. The van der Waals surface area contributed by atoms with Gasteiger partial charge in [-0.3, -0.25) is 4.79 Å². The van der Waals surface area contributed by atoms with E-state index in [1.807, 2.05) is 6.92 Å². The van der Waals surface area contributed by atoms with Crippen molar-refractivity contribution in [1.29, 1.82) is 0 Å². The first-order valence-electron chi connectivity index (χ1n) is 10.9. The summed E-state index contributed by atoms with van der Waals surface area (Å²) in [5, 5.41) is 11.0. The minimum atomic E-state index is -4.54. The number of aromatic nitrogens is 5. The van der Waals surface area contributed by atoms with Gasteiger partial charge in [-0.15, -0.1) is 0 Å². The molecular weight excluding hydrogens is 470 g/mol. The topological polar surface area (TPSA) is 98.1 Å². The minimum Gasteiger partial charge on any atom is -0.494 e. The summed E-state index contributed by atoms with van der Waals surface area (Å²) < 4.78 is 58.8. The number of hydrogen-bond donors (Lipinski definition) is 1. The highest BCUT2D eigenvalue weighted by atomic mass is 19.4. The molecule has 0 aliphatic carbocycles. The Bertz CT molecular complexity index is 1170. The smallest absolute Gasteiger partial charge is 0.419 e. The third-order valence-electron chi connectivity index (χ3n) is 5.98. The normalized spacial score (nSPS) is 18.4. The Kier molecular flexibility index (Phi) is 6.85. The van der Waals surface area contributed by atoms with Gasteiger partial charge in [0.25, 0.3) is 5.91 Å². The molecule has 0 bridgehead atoms. The summed E-state index contributed by atoms with van der Waals surface area (Å²) in [4.78, 5) is 23.9. The van der Waals surface area contributed by atoms with Gasteiger partial charge in [-0.1, -0.05) is 6.92 Å². The summed E-state index contributed by atoms with van der Waals surface area (Å²) in [6.45, 7) is 2.49. The van der Waals surface area contributed by atoms with Crippen LogP contribution < -0.4 is 10.1 Å². The molecule has 13 heteroatoms. The summed E-state index contributed by atoms with van der Waals surface area (Å²) in [5.74, 6) is -1.47. The van der Waals surface area contributed by atoms with Crippen molar-refractivity contribution in [1.82, 2.24) is 29.9 Å². The molecule has 2 atom stereocenters. The van der Waals surface area contributed by atoms with Crippen molar-refractivity contribution in [3.8, 4) is 11.4 Å². The van der Waals surface area contributed by atoms with Crippen molar-refractivity contribution in [3.63, 3.8) is 0 Å². The molecule has 3 heterocycles. The molecule has 186 valence electrons. The van der Waals surface area contributed by atoms with Gasteiger partial charge in [-0.05, 0) is 30.9 Å². The molecule has 0 radical (unpaired) electrons. The van der Waals surface area contributed by atoms with Crippen LogP contribution in [0.15, 0.2) is 36.9 Å². The zero-order valence-electron chi connectivity index (χ0n) is 19.0. The highest BCUT2D eigenvalue weighted by molar-refractivity contribution is 5.98.